The number of carbonyl (C=O) groups excluding carboxylic acids is 2. The molecule has 0 spiro atoms. The first kappa shape index (κ1) is 19.5. The van der Waals surface area contributed by atoms with Gasteiger partial charge in [0, 0.05) is 13.0 Å². The molecule has 1 saturated heterocycles. The molecule has 1 unspecified atom stereocenters. The molecule has 1 atom stereocenters. The van der Waals surface area contributed by atoms with Crippen LogP contribution in [0.2, 0.25) is 0 Å². The van der Waals surface area contributed by atoms with Crippen LogP contribution in [0.1, 0.15) is 19.3 Å². The van der Waals surface area contributed by atoms with Crippen LogP contribution < -0.4 is 15.4 Å². The molecular weight excluding hydrogens is 342 g/mol. The van der Waals surface area contributed by atoms with Gasteiger partial charge in [-0.3, -0.25) is 9.59 Å². The normalized spacial score (nSPS) is 19.4. The van der Waals surface area contributed by atoms with E-state index in [2.05, 4.69) is 10.6 Å². The van der Waals surface area contributed by atoms with Crippen LogP contribution in [0.4, 0.5) is 0 Å². The second-order valence-corrected chi connectivity index (χ2v) is 6.54. The number of para-hydroxylation sites is 1. The van der Waals surface area contributed by atoms with E-state index in [1.54, 1.807) is 4.90 Å². The van der Waals surface area contributed by atoms with Gasteiger partial charge in [-0.05, 0) is 37.4 Å². The lowest BCUT2D eigenvalue weighted by Crippen LogP contribution is -2.42. The van der Waals surface area contributed by atoms with E-state index >= 15 is 0 Å². The average molecular weight is 368 g/mol. The minimum absolute atomic E-state index is 0. The molecule has 1 aromatic carbocycles. The van der Waals surface area contributed by atoms with Crippen molar-refractivity contribution in [1.82, 2.24) is 15.5 Å². The van der Waals surface area contributed by atoms with Crippen molar-refractivity contribution < 1.29 is 14.3 Å². The fraction of sp³-hybridized carbons (Fsp3) is 0.556. The molecule has 7 heteroatoms. The molecule has 6 nitrogen and oxygen atoms in total. The Kier molecular flexibility index (Phi) is 7.52. The summed E-state index contributed by atoms with van der Waals surface area (Å²) in [6.45, 7) is 2.81. The van der Waals surface area contributed by atoms with Crippen LogP contribution in [0.15, 0.2) is 30.3 Å². The number of benzene rings is 1. The maximum Gasteiger partial charge on any atom is 0.234 e. The molecule has 1 aliphatic carbocycles. The molecule has 1 heterocycles. The van der Waals surface area contributed by atoms with Gasteiger partial charge >= 0.3 is 0 Å². The Morgan fingerprint density at radius 2 is 2.00 bits per heavy atom. The first-order valence-electron chi connectivity index (χ1n) is 8.66. The van der Waals surface area contributed by atoms with Crippen molar-refractivity contribution in [3.63, 3.8) is 0 Å². The Hall–Kier alpha value is -1.79. The Bertz CT molecular complexity index is 566. The molecule has 138 valence electrons. The van der Waals surface area contributed by atoms with Crippen molar-refractivity contribution in [2.45, 2.75) is 25.3 Å². The lowest BCUT2D eigenvalue weighted by Gasteiger charge is -2.17. The number of rotatable bonds is 9. The number of likely N-dealkylation sites (tertiary alicyclic amines) is 1. The van der Waals surface area contributed by atoms with Crippen LogP contribution in [-0.2, 0) is 9.59 Å². The summed E-state index contributed by atoms with van der Waals surface area (Å²) in [5, 5.41) is 6.10. The number of ether oxygens (including phenoxy) is 1. The van der Waals surface area contributed by atoms with Crippen molar-refractivity contribution in [2.75, 3.05) is 32.8 Å². The van der Waals surface area contributed by atoms with E-state index in [-0.39, 0.29) is 30.3 Å². The van der Waals surface area contributed by atoms with Crippen LogP contribution in [0.5, 0.6) is 5.75 Å². The van der Waals surface area contributed by atoms with E-state index in [0.717, 1.165) is 18.2 Å². The molecule has 1 aromatic rings. The van der Waals surface area contributed by atoms with E-state index in [9.17, 15) is 9.59 Å². The van der Waals surface area contributed by atoms with Crippen LogP contribution in [-0.4, -0.2) is 55.5 Å². The second-order valence-electron chi connectivity index (χ2n) is 6.54. The number of amides is 2. The summed E-state index contributed by atoms with van der Waals surface area (Å²) in [6, 6.07) is 9.46. The smallest absolute Gasteiger partial charge is 0.234 e. The van der Waals surface area contributed by atoms with E-state index in [1.165, 1.54) is 12.8 Å². The maximum absolute atomic E-state index is 12.0. The summed E-state index contributed by atoms with van der Waals surface area (Å²) in [5.41, 5.74) is 0. The Balaban J connectivity index is 0.00000225. The zero-order valence-electron chi connectivity index (χ0n) is 14.3. The van der Waals surface area contributed by atoms with Gasteiger partial charge in [0.1, 0.15) is 12.4 Å². The van der Waals surface area contributed by atoms with Gasteiger partial charge in [-0.15, -0.1) is 12.4 Å². The predicted octanol–water partition coefficient (Wildman–Crippen LogP) is 1.20. The summed E-state index contributed by atoms with van der Waals surface area (Å²) in [7, 11) is 0. The highest BCUT2D eigenvalue weighted by Crippen LogP contribution is 2.27. The molecule has 2 amide bonds. The first-order chi connectivity index (χ1) is 11.7. The van der Waals surface area contributed by atoms with Gasteiger partial charge in [0.15, 0.2) is 0 Å². The number of carbonyl (C=O) groups is 2. The minimum Gasteiger partial charge on any atom is -0.492 e. The molecule has 25 heavy (non-hydrogen) atoms. The molecule has 3 rings (SSSR count). The van der Waals surface area contributed by atoms with E-state index < -0.39 is 0 Å². The van der Waals surface area contributed by atoms with Crippen LogP contribution >= 0.6 is 12.4 Å². The number of hydrogen-bond donors (Lipinski definition) is 2. The molecule has 2 N–H and O–H groups in total. The molecule has 1 saturated carbocycles. The highest BCUT2D eigenvalue weighted by molar-refractivity contribution is 5.85. The van der Waals surface area contributed by atoms with Gasteiger partial charge in [-0.1, -0.05) is 18.2 Å². The number of nitrogens with zero attached hydrogens (tertiary/aromatic N) is 1. The molecule has 2 fully saturated rings. The van der Waals surface area contributed by atoms with Gasteiger partial charge in [0.25, 0.3) is 0 Å². The summed E-state index contributed by atoms with van der Waals surface area (Å²) >= 11 is 0. The zero-order chi connectivity index (χ0) is 16.8. The lowest BCUT2D eigenvalue weighted by atomic mass is 10.2. The predicted molar refractivity (Wildman–Crippen MR) is 97.9 cm³/mol. The molecule has 0 aromatic heterocycles. The largest absolute Gasteiger partial charge is 0.492 e. The van der Waals surface area contributed by atoms with Crippen molar-refractivity contribution in [3.8, 4) is 5.75 Å². The van der Waals surface area contributed by atoms with Gasteiger partial charge in [-0.2, -0.15) is 0 Å². The Morgan fingerprint density at radius 1 is 1.24 bits per heavy atom. The molecule has 0 radical (unpaired) electrons. The summed E-state index contributed by atoms with van der Waals surface area (Å²) in [5.74, 6) is 1.60. The van der Waals surface area contributed by atoms with Crippen LogP contribution in [0.3, 0.4) is 0 Å². The maximum atomic E-state index is 12.0. The first-order valence-corrected chi connectivity index (χ1v) is 8.66. The summed E-state index contributed by atoms with van der Waals surface area (Å²) in [4.78, 5) is 25.7. The number of hydrogen-bond acceptors (Lipinski definition) is 4. The third kappa shape index (κ3) is 6.55. The quantitative estimate of drug-likeness (QED) is 0.688. The summed E-state index contributed by atoms with van der Waals surface area (Å²) in [6.07, 6.45) is 2.91. The van der Waals surface area contributed by atoms with Gasteiger partial charge in [0.2, 0.25) is 11.8 Å². The van der Waals surface area contributed by atoms with Crippen LogP contribution in [0, 0.1) is 5.92 Å². The van der Waals surface area contributed by atoms with Crippen molar-refractivity contribution >= 4 is 24.2 Å². The van der Waals surface area contributed by atoms with E-state index in [1.807, 2.05) is 30.3 Å². The van der Waals surface area contributed by atoms with Crippen molar-refractivity contribution in [1.29, 1.82) is 0 Å². The van der Waals surface area contributed by atoms with E-state index in [0.29, 0.717) is 32.7 Å². The Morgan fingerprint density at radius 3 is 2.72 bits per heavy atom. The number of halogens is 1. The topological polar surface area (TPSA) is 70.7 Å². The number of nitrogens with one attached hydrogen (secondary N) is 2. The third-order valence-electron chi connectivity index (χ3n) is 4.37. The molecule has 0 bridgehead atoms. The lowest BCUT2D eigenvalue weighted by molar-refractivity contribution is -0.128. The standard InChI is InChI=1S/C18H25N3O3.ClH/c22-17(12-19-11-14-6-7-14)20-15-10-18(23)21(13-15)8-9-24-16-4-2-1-3-5-16;/h1-5,14-15,19H,6-13H2,(H,20,22);1H. The fourth-order valence-corrected chi connectivity index (χ4v) is 2.87. The molecule has 1 aliphatic heterocycles. The van der Waals surface area contributed by atoms with Crippen molar-refractivity contribution in [2.24, 2.45) is 5.92 Å². The average Bonchev–Trinajstić information content (AvgIpc) is 3.33. The zero-order valence-corrected chi connectivity index (χ0v) is 15.1. The van der Waals surface area contributed by atoms with Gasteiger partial charge in [-0.25, -0.2) is 0 Å². The van der Waals surface area contributed by atoms with Gasteiger partial charge in [0.05, 0.1) is 19.1 Å². The van der Waals surface area contributed by atoms with Gasteiger partial charge < -0.3 is 20.3 Å². The molecule has 2 aliphatic rings. The third-order valence-corrected chi connectivity index (χ3v) is 4.37. The Labute approximate surface area is 154 Å². The fourth-order valence-electron chi connectivity index (χ4n) is 2.87. The molecular formula is C18H26ClN3O3. The minimum atomic E-state index is -0.0931. The summed E-state index contributed by atoms with van der Waals surface area (Å²) < 4.78 is 5.62. The monoisotopic (exact) mass is 367 g/mol. The van der Waals surface area contributed by atoms with Crippen molar-refractivity contribution in [3.05, 3.63) is 30.3 Å². The SMILES string of the molecule is Cl.O=C(CNCC1CC1)NC1CC(=O)N(CCOc2ccccc2)C1. The second kappa shape index (κ2) is 9.63. The highest BCUT2D eigenvalue weighted by atomic mass is 35.5. The van der Waals surface area contributed by atoms with E-state index in [4.69, 9.17) is 4.74 Å². The highest BCUT2D eigenvalue weighted by Gasteiger charge is 2.30. The van der Waals surface area contributed by atoms with Crippen LogP contribution in [0.25, 0.3) is 0 Å².